The molecular weight excluding hydrogens is 242 g/mol. The highest BCUT2D eigenvalue weighted by Crippen LogP contribution is 2.17. The van der Waals surface area contributed by atoms with Gasteiger partial charge in [0.05, 0.1) is 7.11 Å². The smallest absolute Gasteiger partial charge is 0.331 e. The van der Waals surface area contributed by atoms with Crippen LogP contribution in [0.5, 0.6) is 5.75 Å². The minimum atomic E-state index is -0.846. The number of nitrogens with one attached hydrogen (secondary N) is 1. The largest absolute Gasteiger partial charge is 0.497 e. The summed E-state index contributed by atoms with van der Waals surface area (Å²) in [6.07, 6.45) is 2.26. The number of methoxy groups -OCH3 is 1. The highest BCUT2D eigenvalue weighted by Gasteiger charge is 2.06. The first-order chi connectivity index (χ1) is 9.08. The van der Waals surface area contributed by atoms with Crippen LogP contribution in [0, 0.1) is 0 Å². The van der Waals surface area contributed by atoms with Crippen LogP contribution in [0.1, 0.15) is 31.9 Å². The molecule has 19 heavy (non-hydrogen) atoms. The topological polar surface area (TPSA) is 58.6 Å². The molecule has 104 valence electrons. The first kappa shape index (κ1) is 15.2. The molecule has 0 aliphatic heterocycles. The zero-order chi connectivity index (χ0) is 14.3. The van der Waals surface area contributed by atoms with Gasteiger partial charge in [-0.15, -0.1) is 0 Å². The molecule has 1 aromatic rings. The Kier molecular flexibility index (Phi) is 6.09. The highest BCUT2D eigenvalue weighted by molar-refractivity contribution is 5.86. The van der Waals surface area contributed by atoms with Gasteiger partial charge in [0, 0.05) is 18.2 Å². The van der Waals surface area contributed by atoms with Crippen LogP contribution in [0.4, 0.5) is 0 Å². The lowest BCUT2D eigenvalue weighted by molar-refractivity contribution is -0.132. The summed E-state index contributed by atoms with van der Waals surface area (Å²) in [6, 6.07) is 7.99. The third kappa shape index (κ3) is 4.75. The van der Waals surface area contributed by atoms with Crippen molar-refractivity contribution in [1.29, 1.82) is 0 Å². The van der Waals surface area contributed by atoms with Gasteiger partial charge in [0.25, 0.3) is 0 Å². The lowest BCUT2D eigenvalue weighted by atomic mass is 10.1. The summed E-state index contributed by atoms with van der Waals surface area (Å²) in [7, 11) is 1.64. The molecule has 2 N–H and O–H groups in total. The maximum Gasteiger partial charge on any atom is 0.331 e. The fourth-order valence-corrected chi connectivity index (χ4v) is 1.75. The van der Waals surface area contributed by atoms with Crippen molar-refractivity contribution >= 4 is 5.97 Å². The van der Waals surface area contributed by atoms with Gasteiger partial charge in [-0.2, -0.15) is 0 Å². The molecule has 0 saturated heterocycles. The van der Waals surface area contributed by atoms with Crippen LogP contribution in [-0.2, 0) is 4.79 Å². The third-order valence-electron chi connectivity index (χ3n) is 3.04. The number of hydrogen-bond acceptors (Lipinski definition) is 3. The van der Waals surface area contributed by atoms with Crippen molar-refractivity contribution in [3.63, 3.8) is 0 Å². The molecule has 0 saturated carbocycles. The molecule has 0 fully saturated rings. The Morgan fingerprint density at radius 1 is 1.42 bits per heavy atom. The van der Waals surface area contributed by atoms with Gasteiger partial charge in [-0.25, -0.2) is 4.79 Å². The number of rotatable bonds is 7. The zero-order valence-corrected chi connectivity index (χ0v) is 11.6. The highest BCUT2D eigenvalue weighted by atomic mass is 16.5. The van der Waals surface area contributed by atoms with Crippen molar-refractivity contribution in [2.75, 3.05) is 13.7 Å². The van der Waals surface area contributed by atoms with Crippen LogP contribution < -0.4 is 10.1 Å². The molecule has 0 aliphatic rings. The molecule has 4 heteroatoms. The number of carboxylic acid groups (broad SMARTS) is 1. The van der Waals surface area contributed by atoms with E-state index in [2.05, 4.69) is 5.32 Å². The van der Waals surface area contributed by atoms with Crippen LogP contribution in [0.3, 0.4) is 0 Å². The number of aliphatic carboxylic acids is 1. The lowest BCUT2D eigenvalue weighted by Crippen LogP contribution is -2.19. The van der Waals surface area contributed by atoms with E-state index in [4.69, 9.17) is 9.84 Å². The van der Waals surface area contributed by atoms with Crippen LogP contribution >= 0.6 is 0 Å². The Labute approximate surface area is 114 Å². The van der Waals surface area contributed by atoms with E-state index in [1.807, 2.05) is 38.1 Å². The van der Waals surface area contributed by atoms with Gasteiger partial charge in [-0.1, -0.05) is 25.1 Å². The molecule has 0 unspecified atom stereocenters. The maximum atomic E-state index is 10.8. The Morgan fingerprint density at radius 2 is 2.05 bits per heavy atom. The van der Waals surface area contributed by atoms with Gasteiger partial charge >= 0.3 is 5.97 Å². The Morgan fingerprint density at radius 3 is 2.53 bits per heavy atom. The fraction of sp³-hybridized carbons (Fsp3) is 0.400. The van der Waals surface area contributed by atoms with E-state index < -0.39 is 5.97 Å². The van der Waals surface area contributed by atoms with E-state index in [-0.39, 0.29) is 6.04 Å². The molecule has 0 amide bonds. The van der Waals surface area contributed by atoms with E-state index >= 15 is 0 Å². The number of ether oxygens (including phenoxy) is 1. The van der Waals surface area contributed by atoms with E-state index in [0.29, 0.717) is 18.5 Å². The average Bonchev–Trinajstić information content (AvgIpc) is 2.43. The van der Waals surface area contributed by atoms with Gasteiger partial charge in [0.1, 0.15) is 5.75 Å². The molecule has 0 bridgehead atoms. The monoisotopic (exact) mass is 263 g/mol. The molecule has 0 aromatic heterocycles. The number of benzene rings is 1. The van der Waals surface area contributed by atoms with Crippen molar-refractivity contribution < 1.29 is 14.6 Å². The second-order valence-electron chi connectivity index (χ2n) is 4.29. The van der Waals surface area contributed by atoms with Crippen molar-refractivity contribution in [2.24, 2.45) is 0 Å². The van der Waals surface area contributed by atoms with Crippen molar-refractivity contribution in [3.8, 4) is 5.75 Å². The maximum absolute atomic E-state index is 10.8. The molecular formula is C15H21NO3. The first-order valence-electron chi connectivity index (χ1n) is 6.38. The van der Waals surface area contributed by atoms with Gasteiger partial charge in [0.2, 0.25) is 0 Å². The third-order valence-corrected chi connectivity index (χ3v) is 3.04. The molecule has 0 spiro atoms. The molecule has 1 rings (SSSR count). The Balaban J connectivity index is 2.54. The van der Waals surface area contributed by atoms with Crippen molar-refractivity contribution in [2.45, 2.75) is 26.3 Å². The molecule has 1 atom stereocenters. The van der Waals surface area contributed by atoms with Gasteiger partial charge < -0.3 is 15.2 Å². The minimum absolute atomic E-state index is 0.161. The summed E-state index contributed by atoms with van der Waals surface area (Å²) in [5.74, 6) is -0.0172. The second-order valence-corrected chi connectivity index (χ2v) is 4.29. The number of carbonyl (C=O) groups is 1. The average molecular weight is 263 g/mol. The standard InChI is InChI=1S/C15H21NO3/c1-4-12(15(17)18)9-10-16-11(2)13-5-7-14(19-3)8-6-13/h5-9,11,16H,4,10H2,1-3H3,(H,17,18)/b12-9-/t11-/m0/s1. The zero-order valence-electron chi connectivity index (χ0n) is 11.6. The van der Waals surface area contributed by atoms with Crippen LogP contribution in [-0.4, -0.2) is 24.7 Å². The van der Waals surface area contributed by atoms with Crippen molar-refractivity contribution in [1.82, 2.24) is 5.32 Å². The summed E-state index contributed by atoms with van der Waals surface area (Å²) in [6.45, 7) is 4.43. The van der Waals surface area contributed by atoms with E-state index in [1.54, 1.807) is 13.2 Å². The predicted octanol–water partition coefficient (Wildman–Crippen LogP) is 2.77. The van der Waals surface area contributed by atoms with Crippen LogP contribution in [0.2, 0.25) is 0 Å². The van der Waals surface area contributed by atoms with E-state index in [1.165, 1.54) is 0 Å². The molecule has 0 radical (unpaired) electrons. The van der Waals surface area contributed by atoms with Crippen LogP contribution in [0.25, 0.3) is 0 Å². The summed E-state index contributed by atoms with van der Waals surface area (Å²) in [5, 5.41) is 12.2. The fourth-order valence-electron chi connectivity index (χ4n) is 1.75. The lowest BCUT2D eigenvalue weighted by Gasteiger charge is -2.13. The molecule has 4 nitrogen and oxygen atoms in total. The van der Waals surface area contributed by atoms with E-state index in [9.17, 15) is 4.79 Å². The summed E-state index contributed by atoms with van der Waals surface area (Å²) in [5.41, 5.74) is 1.58. The Hall–Kier alpha value is -1.81. The first-order valence-corrected chi connectivity index (χ1v) is 6.38. The summed E-state index contributed by atoms with van der Waals surface area (Å²) >= 11 is 0. The van der Waals surface area contributed by atoms with E-state index in [0.717, 1.165) is 11.3 Å². The summed E-state index contributed by atoms with van der Waals surface area (Å²) in [4.78, 5) is 10.8. The minimum Gasteiger partial charge on any atom is -0.497 e. The predicted molar refractivity (Wildman–Crippen MR) is 75.4 cm³/mol. The summed E-state index contributed by atoms with van der Waals surface area (Å²) < 4.78 is 5.11. The number of carboxylic acids is 1. The van der Waals surface area contributed by atoms with Gasteiger partial charge in [-0.05, 0) is 31.0 Å². The van der Waals surface area contributed by atoms with Crippen molar-refractivity contribution in [3.05, 3.63) is 41.5 Å². The Bertz CT molecular complexity index is 437. The second kappa shape index (κ2) is 7.59. The van der Waals surface area contributed by atoms with Gasteiger partial charge in [0.15, 0.2) is 0 Å². The SMILES string of the molecule is CC/C(=C/CN[C@@H](C)c1ccc(OC)cc1)C(=O)O. The molecule has 0 heterocycles. The molecule has 1 aromatic carbocycles. The normalized spacial score (nSPS) is 13.1. The molecule has 0 aliphatic carbocycles. The van der Waals surface area contributed by atoms with Gasteiger partial charge in [-0.3, -0.25) is 0 Å². The quantitative estimate of drug-likeness (QED) is 0.743. The van der Waals surface area contributed by atoms with Crippen LogP contribution in [0.15, 0.2) is 35.9 Å². The number of hydrogen-bond donors (Lipinski definition) is 2.